The Morgan fingerprint density at radius 3 is 2.56 bits per heavy atom. The first kappa shape index (κ1) is 15.5. The topological polar surface area (TPSA) is 94.4 Å². The van der Waals surface area contributed by atoms with Crippen molar-refractivity contribution in [2.75, 3.05) is 18.5 Å². The molecule has 3 amide bonds. The summed E-state index contributed by atoms with van der Waals surface area (Å²) in [6, 6.07) is 5.02. The van der Waals surface area contributed by atoms with Crippen LogP contribution in [-0.4, -0.2) is 41.2 Å². The molecule has 2 aliphatic carbocycles. The van der Waals surface area contributed by atoms with Crippen molar-refractivity contribution in [2.24, 2.45) is 23.7 Å². The summed E-state index contributed by atoms with van der Waals surface area (Å²) in [5.41, 5.74) is 0.384. The summed E-state index contributed by atoms with van der Waals surface area (Å²) in [6.45, 7) is -0.293. The van der Waals surface area contributed by atoms with Crippen molar-refractivity contribution in [3.05, 3.63) is 36.0 Å². The van der Waals surface area contributed by atoms with Crippen LogP contribution in [0.3, 0.4) is 0 Å². The van der Waals surface area contributed by atoms with Gasteiger partial charge in [0.2, 0.25) is 17.7 Å². The van der Waals surface area contributed by atoms with Crippen molar-refractivity contribution < 1.29 is 14.4 Å². The number of nitrogens with zero attached hydrogens (tertiary/aromatic N) is 4. The summed E-state index contributed by atoms with van der Waals surface area (Å²) >= 11 is 0. The number of amides is 3. The summed E-state index contributed by atoms with van der Waals surface area (Å²) in [6.07, 6.45) is 6.34. The molecule has 4 unspecified atom stereocenters. The number of hydrogen-bond acceptors (Lipinski definition) is 5. The normalized spacial score (nSPS) is 29.0. The lowest BCUT2D eigenvalue weighted by Gasteiger charge is -2.21. The number of likely N-dealkylation sites (tertiary alicyclic amines) is 1. The van der Waals surface area contributed by atoms with Crippen LogP contribution < -0.4 is 4.90 Å². The lowest BCUT2D eigenvalue weighted by atomic mass is 9.85. The van der Waals surface area contributed by atoms with Gasteiger partial charge in [-0.25, -0.2) is 4.98 Å². The second-order valence-corrected chi connectivity index (χ2v) is 6.73. The van der Waals surface area contributed by atoms with E-state index in [2.05, 4.69) is 4.98 Å². The maximum absolute atomic E-state index is 12.6. The highest BCUT2D eigenvalue weighted by molar-refractivity contribution is 6.09. The van der Waals surface area contributed by atoms with Gasteiger partial charge in [0.25, 0.3) is 0 Å². The van der Waals surface area contributed by atoms with Crippen molar-refractivity contribution >= 4 is 23.5 Å². The van der Waals surface area contributed by atoms with Gasteiger partial charge in [-0.1, -0.05) is 12.2 Å². The number of pyridine rings is 1. The second kappa shape index (κ2) is 5.52. The molecule has 0 N–H and O–H groups in total. The zero-order valence-electron chi connectivity index (χ0n) is 13.6. The number of nitriles is 1. The molecule has 1 aromatic heterocycles. The molecule has 25 heavy (non-hydrogen) atoms. The third kappa shape index (κ3) is 2.25. The van der Waals surface area contributed by atoms with Gasteiger partial charge in [-0.05, 0) is 30.4 Å². The minimum absolute atomic E-state index is 0.123. The molecule has 2 heterocycles. The smallest absolute Gasteiger partial charge is 0.248 e. The number of rotatable bonds is 3. The third-order valence-corrected chi connectivity index (χ3v) is 5.45. The van der Waals surface area contributed by atoms with E-state index in [4.69, 9.17) is 5.26 Å². The highest BCUT2D eigenvalue weighted by Crippen LogP contribution is 2.52. The number of imide groups is 1. The molecule has 126 valence electrons. The first-order valence-electron chi connectivity index (χ1n) is 8.17. The molecule has 1 saturated carbocycles. The van der Waals surface area contributed by atoms with Crippen LogP contribution in [0.1, 0.15) is 12.0 Å². The fourth-order valence-electron chi connectivity index (χ4n) is 4.16. The van der Waals surface area contributed by atoms with E-state index in [-0.39, 0.29) is 42.0 Å². The predicted octanol–water partition coefficient (Wildman–Crippen LogP) is 0.723. The van der Waals surface area contributed by atoms with Gasteiger partial charge in [0, 0.05) is 13.2 Å². The van der Waals surface area contributed by atoms with E-state index in [0.29, 0.717) is 11.4 Å². The quantitative estimate of drug-likeness (QED) is 0.599. The van der Waals surface area contributed by atoms with Crippen LogP contribution in [0.25, 0.3) is 0 Å². The number of aromatic nitrogens is 1. The summed E-state index contributed by atoms with van der Waals surface area (Å²) in [5, 5.41) is 8.94. The molecule has 0 spiro atoms. The minimum atomic E-state index is -0.412. The lowest BCUT2D eigenvalue weighted by molar-refractivity contribution is -0.143. The second-order valence-electron chi connectivity index (χ2n) is 6.73. The van der Waals surface area contributed by atoms with Crippen molar-refractivity contribution in [1.82, 2.24) is 9.88 Å². The standard InChI is InChI=1S/C18H16N4O3/c1-21(13-6-10(8-19)4-5-20-13)14(23)9-22-17(24)15-11-2-3-12(7-11)16(15)18(22)25/h2-6,11-12,15-16H,7,9H2,1H3. The van der Waals surface area contributed by atoms with Gasteiger partial charge in [0.1, 0.15) is 12.4 Å². The van der Waals surface area contributed by atoms with Gasteiger partial charge in [0.15, 0.2) is 0 Å². The van der Waals surface area contributed by atoms with Crippen LogP contribution >= 0.6 is 0 Å². The number of allylic oxidation sites excluding steroid dienone is 2. The van der Waals surface area contributed by atoms with E-state index in [1.54, 1.807) is 6.07 Å². The molecule has 1 aliphatic heterocycles. The molecule has 1 saturated heterocycles. The predicted molar refractivity (Wildman–Crippen MR) is 86.8 cm³/mol. The summed E-state index contributed by atoms with van der Waals surface area (Å²) in [4.78, 5) is 44.2. The number of carbonyl (C=O) groups excluding carboxylic acids is 3. The van der Waals surface area contributed by atoms with Crippen molar-refractivity contribution in [2.45, 2.75) is 6.42 Å². The maximum Gasteiger partial charge on any atom is 0.248 e. The Bertz CT molecular complexity index is 826. The van der Waals surface area contributed by atoms with E-state index in [1.165, 1.54) is 24.2 Å². The third-order valence-electron chi connectivity index (χ3n) is 5.45. The number of anilines is 1. The Hall–Kier alpha value is -3.01. The van der Waals surface area contributed by atoms with E-state index >= 15 is 0 Å². The Morgan fingerprint density at radius 1 is 1.32 bits per heavy atom. The molecule has 0 radical (unpaired) electrons. The Kier molecular flexibility index (Phi) is 3.42. The molecule has 1 aromatic rings. The monoisotopic (exact) mass is 336 g/mol. The fraction of sp³-hybridized carbons (Fsp3) is 0.389. The zero-order valence-corrected chi connectivity index (χ0v) is 13.6. The molecular formula is C18H16N4O3. The van der Waals surface area contributed by atoms with Crippen molar-refractivity contribution in [1.29, 1.82) is 5.26 Å². The molecule has 7 nitrogen and oxygen atoms in total. The van der Waals surface area contributed by atoms with Gasteiger partial charge >= 0.3 is 0 Å². The molecule has 7 heteroatoms. The zero-order chi connectivity index (χ0) is 17.7. The number of carbonyl (C=O) groups is 3. The number of likely N-dealkylation sites (N-methyl/N-ethyl adjacent to an activating group) is 1. The Balaban J connectivity index is 1.51. The largest absolute Gasteiger partial charge is 0.298 e. The van der Waals surface area contributed by atoms with Crippen LogP contribution in [-0.2, 0) is 14.4 Å². The average molecular weight is 336 g/mol. The van der Waals surface area contributed by atoms with Crippen LogP contribution in [0.5, 0.6) is 0 Å². The lowest BCUT2D eigenvalue weighted by Crippen LogP contribution is -2.42. The Morgan fingerprint density at radius 2 is 1.96 bits per heavy atom. The highest BCUT2D eigenvalue weighted by atomic mass is 16.2. The maximum atomic E-state index is 12.6. The summed E-state index contributed by atoms with van der Waals surface area (Å²) in [5.74, 6) is -0.952. The van der Waals surface area contributed by atoms with E-state index < -0.39 is 5.91 Å². The van der Waals surface area contributed by atoms with E-state index in [0.717, 1.165) is 11.3 Å². The van der Waals surface area contributed by atoms with Gasteiger partial charge < -0.3 is 0 Å². The number of hydrogen-bond donors (Lipinski definition) is 0. The Labute approximate surface area is 144 Å². The number of fused-ring (bicyclic) bond motifs is 5. The molecular weight excluding hydrogens is 320 g/mol. The van der Waals surface area contributed by atoms with Gasteiger partial charge in [-0.2, -0.15) is 5.26 Å². The summed E-state index contributed by atoms with van der Waals surface area (Å²) in [7, 11) is 1.52. The highest BCUT2D eigenvalue weighted by Gasteiger charge is 2.59. The molecule has 4 atom stereocenters. The molecule has 3 aliphatic rings. The fourth-order valence-corrected chi connectivity index (χ4v) is 4.16. The molecule has 4 rings (SSSR count). The van der Waals surface area contributed by atoms with Crippen molar-refractivity contribution in [3.8, 4) is 6.07 Å². The van der Waals surface area contributed by atoms with E-state index in [1.807, 2.05) is 18.2 Å². The molecule has 0 aromatic carbocycles. The van der Waals surface area contributed by atoms with Crippen molar-refractivity contribution in [3.63, 3.8) is 0 Å². The average Bonchev–Trinajstić information content (AvgIpc) is 3.31. The first-order chi connectivity index (χ1) is 12.0. The van der Waals surface area contributed by atoms with Gasteiger partial charge in [0.05, 0.1) is 23.5 Å². The molecule has 2 bridgehead atoms. The van der Waals surface area contributed by atoms with Crippen LogP contribution in [0.15, 0.2) is 30.5 Å². The SMILES string of the molecule is CN(C(=O)CN1C(=O)C2C3C=CC(C3)C2C1=O)c1cc(C#N)ccn1. The van der Waals surface area contributed by atoms with Gasteiger partial charge in [-0.3, -0.25) is 24.2 Å². The van der Waals surface area contributed by atoms with Gasteiger partial charge in [-0.15, -0.1) is 0 Å². The summed E-state index contributed by atoms with van der Waals surface area (Å²) < 4.78 is 0. The van der Waals surface area contributed by atoms with Crippen LogP contribution in [0.4, 0.5) is 5.82 Å². The first-order valence-corrected chi connectivity index (χ1v) is 8.17. The van der Waals surface area contributed by atoms with E-state index in [9.17, 15) is 14.4 Å². The molecule has 2 fully saturated rings. The van der Waals surface area contributed by atoms with Crippen LogP contribution in [0.2, 0.25) is 0 Å². The van der Waals surface area contributed by atoms with Crippen LogP contribution in [0, 0.1) is 35.0 Å². The minimum Gasteiger partial charge on any atom is -0.298 e.